The molecule has 1 aromatic carbocycles. The first kappa shape index (κ1) is 9.16. The molecule has 0 saturated heterocycles. The molecule has 1 aromatic rings. The maximum Gasteiger partial charge on any atom is 0.316 e. The number of primary amides is 1. The Balaban J connectivity index is 2.93. The smallest absolute Gasteiger partial charge is 0.316 e. The number of amides is 2. The topological polar surface area (TPSA) is 55.1 Å². The van der Waals surface area contributed by atoms with Crippen LogP contribution in [0.1, 0.15) is 0 Å². The van der Waals surface area contributed by atoms with E-state index in [0.29, 0.717) is 15.7 Å². The van der Waals surface area contributed by atoms with Crippen LogP contribution in [0.3, 0.4) is 0 Å². The van der Waals surface area contributed by atoms with Crippen LogP contribution in [0.5, 0.6) is 0 Å². The van der Waals surface area contributed by atoms with Gasteiger partial charge >= 0.3 is 6.03 Å². The van der Waals surface area contributed by atoms with Crippen LogP contribution in [0.4, 0.5) is 10.5 Å². The molecule has 5 heteroatoms. The van der Waals surface area contributed by atoms with Gasteiger partial charge in [-0.1, -0.05) is 23.2 Å². The summed E-state index contributed by atoms with van der Waals surface area (Å²) in [5, 5.41) is 3.22. The minimum absolute atomic E-state index is 0.362. The molecule has 1 rings (SSSR count). The van der Waals surface area contributed by atoms with Gasteiger partial charge in [-0.25, -0.2) is 4.79 Å². The van der Waals surface area contributed by atoms with Gasteiger partial charge in [-0.15, -0.1) is 0 Å². The van der Waals surface area contributed by atoms with Crippen molar-refractivity contribution in [1.82, 2.24) is 0 Å². The number of carbonyl (C=O) groups is 1. The predicted molar refractivity (Wildman–Crippen MR) is 49.7 cm³/mol. The van der Waals surface area contributed by atoms with E-state index in [2.05, 4.69) is 5.32 Å². The van der Waals surface area contributed by atoms with Crippen LogP contribution in [0.2, 0.25) is 10.0 Å². The number of benzene rings is 1. The summed E-state index contributed by atoms with van der Waals surface area (Å²) in [5.74, 6) is 0. The van der Waals surface area contributed by atoms with Crippen LogP contribution < -0.4 is 11.1 Å². The fraction of sp³-hybridized carbons (Fsp3) is 0. The Bertz CT molecular complexity index is 314. The Kier molecular flexibility index (Phi) is 2.78. The zero-order valence-corrected chi connectivity index (χ0v) is 7.49. The van der Waals surface area contributed by atoms with Crippen LogP contribution in [-0.2, 0) is 0 Å². The molecule has 3 N–H and O–H groups in total. The van der Waals surface area contributed by atoms with Crippen LogP contribution in [0, 0.1) is 0 Å². The molecule has 0 aliphatic heterocycles. The summed E-state index contributed by atoms with van der Waals surface area (Å²) in [6, 6.07) is 4.06. The number of halogens is 2. The molecular weight excluding hydrogens is 199 g/mol. The number of anilines is 1. The van der Waals surface area contributed by atoms with Gasteiger partial charge in [0.05, 0.1) is 10.7 Å². The third-order valence-electron chi connectivity index (χ3n) is 1.19. The molecule has 0 aromatic heterocycles. The maximum atomic E-state index is 10.4. The van der Waals surface area contributed by atoms with Gasteiger partial charge in [0.2, 0.25) is 0 Å². The van der Waals surface area contributed by atoms with E-state index in [1.165, 1.54) is 6.07 Å². The van der Waals surface area contributed by atoms with Crippen molar-refractivity contribution in [2.45, 2.75) is 0 Å². The van der Waals surface area contributed by atoms with Gasteiger partial charge in [0.1, 0.15) is 0 Å². The van der Waals surface area contributed by atoms with Gasteiger partial charge in [-0.3, -0.25) is 0 Å². The molecule has 64 valence electrons. The first-order valence-corrected chi connectivity index (χ1v) is 3.86. The number of rotatable bonds is 1. The number of carbonyl (C=O) groups excluding carboxylic acids is 1. The SMILES string of the molecule is NC(=O)Nc1ccc(Cl)cc1Cl. The Hall–Kier alpha value is -0.930. The lowest BCUT2D eigenvalue weighted by Crippen LogP contribution is -2.19. The lowest BCUT2D eigenvalue weighted by Gasteiger charge is -2.03. The van der Waals surface area contributed by atoms with Crippen molar-refractivity contribution in [2.75, 3.05) is 5.32 Å². The summed E-state index contributed by atoms with van der Waals surface area (Å²) in [5.41, 5.74) is 5.34. The molecule has 0 unspecified atom stereocenters. The van der Waals surface area contributed by atoms with Crippen molar-refractivity contribution < 1.29 is 4.79 Å². The second-order valence-corrected chi connectivity index (χ2v) is 2.96. The zero-order valence-electron chi connectivity index (χ0n) is 5.97. The Morgan fingerprint density at radius 2 is 2.08 bits per heavy atom. The molecule has 0 heterocycles. The molecule has 0 spiro atoms. The van der Waals surface area contributed by atoms with Crippen LogP contribution in [0.15, 0.2) is 18.2 Å². The lowest BCUT2D eigenvalue weighted by molar-refractivity contribution is 0.259. The molecular formula is C7H6Cl2N2O. The molecule has 0 fully saturated rings. The summed E-state index contributed by atoms with van der Waals surface area (Å²) < 4.78 is 0. The minimum atomic E-state index is -0.653. The van der Waals surface area contributed by atoms with E-state index in [1.54, 1.807) is 12.1 Å². The van der Waals surface area contributed by atoms with E-state index in [4.69, 9.17) is 28.9 Å². The van der Waals surface area contributed by atoms with E-state index in [1.807, 2.05) is 0 Å². The highest BCUT2D eigenvalue weighted by atomic mass is 35.5. The normalized spacial score (nSPS) is 9.50. The second kappa shape index (κ2) is 3.65. The van der Waals surface area contributed by atoms with E-state index >= 15 is 0 Å². The zero-order chi connectivity index (χ0) is 9.14. The van der Waals surface area contributed by atoms with E-state index in [-0.39, 0.29) is 0 Å². The number of hydrogen-bond acceptors (Lipinski definition) is 1. The third-order valence-corrected chi connectivity index (χ3v) is 1.74. The standard InChI is InChI=1S/C7H6Cl2N2O/c8-4-1-2-6(5(9)3-4)11-7(10)12/h1-3H,(H3,10,11,12). The fourth-order valence-corrected chi connectivity index (χ4v) is 1.18. The van der Waals surface area contributed by atoms with E-state index < -0.39 is 6.03 Å². The second-order valence-electron chi connectivity index (χ2n) is 2.11. The van der Waals surface area contributed by atoms with Crippen molar-refractivity contribution in [3.8, 4) is 0 Å². The van der Waals surface area contributed by atoms with Crippen molar-refractivity contribution in [1.29, 1.82) is 0 Å². The molecule has 0 radical (unpaired) electrons. The van der Waals surface area contributed by atoms with E-state index in [0.717, 1.165) is 0 Å². The summed E-state index contributed by atoms with van der Waals surface area (Å²) in [6.45, 7) is 0. The summed E-state index contributed by atoms with van der Waals surface area (Å²) in [7, 11) is 0. The molecule has 0 aliphatic carbocycles. The molecule has 0 saturated carbocycles. The Labute approximate surface area is 79.5 Å². The predicted octanol–water partition coefficient (Wildman–Crippen LogP) is 2.48. The van der Waals surface area contributed by atoms with Crippen molar-refractivity contribution >= 4 is 34.9 Å². The number of nitrogens with one attached hydrogen (secondary N) is 1. The molecule has 2 amide bonds. The quantitative estimate of drug-likeness (QED) is 0.726. The van der Waals surface area contributed by atoms with Gasteiger partial charge in [0.25, 0.3) is 0 Å². The van der Waals surface area contributed by atoms with E-state index in [9.17, 15) is 4.79 Å². The Morgan fingerprint density at radius 3 is 2.58 bits per heavy atom. The first-order valence-electron chi connectivity index (χ1n) is 3.11. The molecule has 0 aliphatic rings. The lowest BCUT2D eigenvalue weighted by atomic mass is 10.3. The average molecular weight is 205 g/mol. The van der Waals surface area contributed by atoms with Crippen molar-refractivity contribution in [2.24, 2.45) is 5.73 Å². The highest BCUT2D eigenvalue weighted by Gasteiger charge is 2.01. The third kappa shape index (κ3) is 2.29. The molecule has 0 atom stereocenters. The fourth-order valence-electron chi connectivity index (χ4n) is 0.724. The number of hydrogen-bond donors (Lipinski definition) is 2. The average Bonchev–Trinajstić information content (AvgIpc) is 1.94. The maximum absolute atomic E-state index is 10.4. The highest BCUT2D eigenvalue weighted by Crippen LogP contribution is 2.24. The Morgan fingerprint density at radius 1 is 1.42 bits per heavy atom. The van der Waals surface area contributed by atoms with Gasteiger partial charge in [0, 0.05) is 5.02 Å². The van der Waals surface area contributed by atoms with Crippen LogP contribution >= 0.6 is 23.2 Å². The monoisotopic (exact) mass is 204 g/mol. The van der Waals surface area contributed by atoms with Gasteiger partial charge in [-0.05, 0) is 18.2 Å². The van der Waals surface area contributed by atoms with Crippen LogP contribution in [-0.4, -0.2) is 6.03 Å². The van der Waals surface area contributed by atoms with Gasteiger partial charge in [-0.2, -0.15) is 0 Å². The van der Waals surface area contributed by atoms with Gasteiger partial charge in [0.15, 0.2) is 0 Å². The summed E-state index contributed by atoms with van der Waals surface area (Å²) >= 11 is 11.3. The summed E-state index contributed by atoms with van der Waals surface area (Å²) in [6.07, 6.45) is 0. The largest absolute Gasteiger partial charge is 0.351 e. The van der Waals surface area contributed by atoms with Crippen molar-refractivity contribution in [3.63, 3.8) is 0 Å². The molecule has 3 nitrogen and oxygen atoms in total. The molecule has 12 heavy (non-hydrogen) atoms. The molecule has 0 bridgehead atoms. The highest BCUT2D eigenvalue weighted by molar-refractivity contribution is 6.36. The minimum Gasteiger partial charge on any atom is -0.351 e. The summed E-state index contributed by atoms with van der Waals surface area (Å²) in [4.78, 5) is 10.4. The van der Waals surface area contributed by atoms with Crippen molar-refractivity contribution in [3.05, 3.63) is 28.2 Å². The first-order chi connectivity index (χ1) is 5.59. The number of urea groups is 1. The number of nitrogens with two attached hydrogens (primary N) is 1. The van der Waals surface area contributed by atoms with Gasteiger partial charge < -0.3 is 11.1 Å². The van der Waals surface area contributed by atoms with Crippen LogP contribution in [0.25, 0.3) is 0 Å².